The Morgan fingerprint density at radius 3 is 2.00 bits per heavy atom. The van der Waals surface area contributed by atoms with Crippen molar-refractivity contribution >= 4 is 21.5 Å². The molecule has 0 N–H and O–H groups in total. The Labute approximate surface area is 257 Å². The molecule has 1 heterocycles. The largest absolute Gasteiger partial charge is 0.232 e. The average molecular weight is 563 g/mol. The van der Waals surface area contributed by atoms with Crippen LogP contribution in [0.2, 0.25) is 0 Å². The molecule has 0 amide bonds. The number of benzene rings is 6. The molecule has 6 aromatic carbocycles. The third-order valence-electron chi connectivity index (χ3n) is 8.59. The molecule has 208 valence electrons. The molecule has 0 spiro atoms. The van der Waals surface area contributed by atoms with E-state index in [1.807, 2.05) is 0 Å². The lowest BCUT2D eigenvalue weighted by molar-refractivity contribution is 0.811. The fraction of sp³-hybridized carbons (Fsp3) is 0.0476. The molecule has 1 unspecified atom stereocenters. The predicted molar refractivity (Wildman–Crippen MR) is 184 cm³/mol. The fourth-order valence-corrected chi connectivity index (χ4v) is 6.31. The van der Waals surface area contributed by atoms with Crippen LogP contribution < -0.4 is 0 Å². The Hall–Kier alpha value is -5.60. The van der Waals surface area contributed by atoms with E-state index in [0.29, 0.717) is 0 Å². The topological polar surface area (TPSA) is 25.8 Å². The van der Waals surface area contributed by atoms with Gasteiger partial charge in [0.25, 0.3) is 0 Å². The van der Waals surface area contributed by atoms with Crippen molar-refractivity contribution < 1.29 is 0 Å². The van der Waals surface area contributed by atoms with E-state index in [1.54, 1.807) is 0 Å². The third kappa shape index (κ3) is 4.91. The van der Waals surface area contributed by atoms with Crippen LogP contribution in [0.3, 0.4) is 0 Å². The van der Waals surface area contributed by atoms with Crippen molar-refractivity contribution in [1.82, 2.24) is 9.97 Å². The van der Waals surface area contributed by atoms with E-state index < -0.39 is 0 Å². The third-order valence-corrected chi connectivity index (χ3v) is 8.59. The van der Waals surface area contributed by atoms with Gasteiger partial charge in [-0.25, -0.2) is 9.97 Å². The van der Waals surface area contributed by atoms with Gasteiger partial charge in [-0.2, -0.15) is 0 Å². The van der Waals surface area contributed by atoms with Gasteiger partial charge in [0.05, 0.1) is 11.4 Å². The SMILES string of the molecule is C1=CCC(c2cc(-c3cccc(-c4ccccc4)c3)nc(-c3ccc(-c4cc5ccccc5c5ccccc45)cc3)n2)C=C1. The summed E-state index contributed by atoms with van der Waals surface area (Å²) in [4.78, 5) is 10.3. The van der Waals surface area contributed by atoms with Crippen molar-refractivity contribution in [2.45, 2.75) is 12.3 Å². The van der Waals surface area contributed by atoms with Gasteiger partial charge in [0.15, 0.2) is 5.82 Å². The molecule has 8 rings (SSSR count). The van der Waals surface area contributed by atoms with Crippen molar-refractivity contribution in [3.05, 3.63) is 170 Å². The van der Waals surface area contributed by atoms with Crippen LogP contribution in [0.1, 0.15) is 18.0 Å². The second kappa shape index (κ2) is 11.2. The van der Waals surface area contributed by atoms with Crippen LogP contribution in [-0.4, -0.2) is 9.97 Å². The van der Waals surface area contributed by atoms with E-state index in [1.165, 1.54) is 43.8 Å². The number of fused-ring (bicyclic) bond motifs is 3. The molecule has 7 aromatic rings. The van der Waals surface area contributed by atoms with Crippen molar-refractivity contribution in [2.75, 3.05) is 0 Å². The number of hydrogen-bond donors (Lipinski definition) is 0. The van der Waals surface area contributed by atoms with Gasteiger partial charge in [-0.1, -0.05) is 146 Å². The zero-order valence-electron chi connectivity index (χ0n) is 24.3. The van der Waals surface area contributed by atoms with Gasteiger partial charge in [-0.15, -0.1) is 0 Å². The number of allylic oxidation sites excluding steroid dienone is 4. The molecule has 1 aliphatic rings. The quantitative estimate of drug-likeness (QED) is 0.195. The Bertz CT molecular complexity index is 2190. The predicted octanol–water partition coefficient (Wildman–Crippen LogP) is 11.1. The second-order valence-corrected chi connectivity index (χ2v) is 11.4. The van der Waals surface area contributed by atoms with Crippen molar-refractivity contribution in [1.29, 1.82) is 0 Å². The highest BCUT2D eigenvalue weighted by molar-refractivity contribution is 6.13. The van der Waals surface area contributed by atoms with E-state index in [0.717, 1.165) is 34.8 Å². The molecule has 2 heteroatoms. The van der Waals surface area contributed by atoms with E-state index in [9.17, 15) is 0 Å². The molecular formula is C42H30N2. The molecule has 1 atom stereocenters. The average Bonchev–Trinajstić information content (AvgIpc) is 3.12. The van der Waals surface area contributed by atoms with Crippen LogP contribution in [0.4, 0.5) is 0 Å². The standard InChI is InChI=1S/C42H30N2/c1-3-12-29(13-4-1)33-17-11-18-35(26-33)41-28-40(31-14-5-2-6-15-31)43-42(44-41)32-24-22-30(23-25-32)39-27-34-16-7-8-19-36(34)37-20-9-10-21-38(37)39/h1-14,16-28,31H,15H2. The zero-order chi connectivity index (χ0) is 29.3. The van der Waals surface area contributed by atoms with E-state index in [4.69, 9.17) is 9.97 Å². The first-order chi connectivity index (χ1) is 21.8. The fourth-order valence-electron chi connectivity index (χ4n) is 6.31. The number of nitrogens with zero attached hydrogens (tertiary/aromatic N) is 2. The lowest BCUT2D eigenvalue weighted by atomic mass is 9.93. The zero-order valence-corrected chi connectivity index (χ0v) is 24.3. The number of rotatable bonds is 5. The molecule has 0 aliphatic heterocycles. The monoisotopic (exact) mass is 562 g/mol. The molecule has 2 nitrogen and oxygen atoms in total. The van der Waals surface area contributed by atoms with Crippen molar-refractivity contribution in [2.24, 2.45) is 0 Å². The van der Waals surface area contributed by atoms with Gasteiger partial charge in [0, 0.05) is 17.0 Å². The highest BCUT2D eigenvalue weighted by atomic mass is 14.9. The summed E-state index contributed by atoms with van der Waals surface area (Å²) in [6, 6.07) is 49.7. The number of hydrogen-bond acceptors (Lipinski definition) is 2. The van der Waals surface area contributed by atoms with Crippen LogP contribution in [0.25, 0.3) is 66.4 Å². The van der Waals surface area contributed by atoms with Gasteiger partial charge in [-0.3, -0.25) is 0 Å². The van der Waals surface area contributed by atoms with Gasteiger partial charge >= 0.3 is 0 Å². The molecule has 0 radical (unpaired) electrons. The van der Waals surface area contributed by atoms with Gasteiger partial charge in [0.2, 0.25) is 0 Å². The maximum absolute atomic E-state index is 5.14. The summed E-state index contributed by atoms with van der Waals surface area (Å²) in [5, 5.41) is 5.06. The second-order valence-electron chi connectivity index (χ2n) is 11.4. The van der Waals surface area contributed by atoms with Crippen LogP contribution in [0.5, 0.6) is 0 Å². The van der Waals surface area contributed by atoms with E-state index in [-0.39, 0.29) is 5.92 Å². The molecule has 1 aromatic heterocycles. The molecule has 0 fully saturated rings. The highest BCUT2D eigenvalue weighted by Crippen LogP contribution is 2.36. The summed E-state index contributed by atoms with van der Waals surface area (Å²) >= 11 is 0. The maximum atomic E-state index is 5.14. The van der Waals surface area contributed by atoms with Gasteiger partial charge < -0.3 is 0 Å². The Balaban J connectivity index is 1.22. The Kier molecular flexibility index (Phi) is 6.66. The van der Waals surface area contributed by atoms with Crippen LogP contribution in [-0.2, 0) is 0 Å². The molecular weight excluding hydrogens is 532 g/mol. The van der Waals surface area contributed by atoms with E-state index >= 15 is 0 Å². The Morgan fingerprint density at radius 2 is 1.18 bits per heavy atom. The highest BCUT2D eigenvalue weighted by Gasteiger charge is 2.16. The number of aromatic nitrogens is 2. The summed E-state index contributed by atoms with van der Waals surface area (Å²) in [6.07, 6.45) is 9.62. The van der Waals surface area contributed by atoms with Crippen LogP contribution in [0.15, 0.2) is 164 Å². The summed E-state index contributed by atoms with van der Waals surface area (Å²) in [5.74, 6) is 0.974. The maximum Gasteiger partial charge on any atom is 0.160 e. The molecule has 0 bridgehead atoms. The smallest absolute Gasteiger partial charge is 0.160 e. The summed E-state index contributed by atoms with van der Waals surface area (Å²) in [7, 11) is 0. The lowest BCUT2D eigenvalue weighted by Gasteiger charge is -2.16. The lowest BCUT2D eigenvalue weighted by Crippen LogP contribution is -2.04. The molecule has 0 saturated carbocycles. The molecule has 1 aliphatic carbocycles. The first kappa shape index (κ1) is 26.1. The molecule has 44 heavy (non-hydrogen) atoms. The summed E-state index contributed by atoms with van der Waals surface area (Å²) < 4.78 is 0. The van der Waals surface area contributed by atoms with Crippen molar-refractivity contribution in [3.63, 3.8) is 0 Å². The minimum Gasteiger partial charge on any atom is -0.232 e. The van der Waals surface area contributed by atoms with Crippen LogP contribution >= 0.6 is 0 Å². The minimum atomic E-state index is 0.223. The first-order valence-electron chi connectivity index (χ1n) is 15.2. The van der Waals surface area contributed by atoms with Crippen LogP contribution in [0, 0.1) is 0 Å². The van der Waals surface area contributed by atoms with E-state index in [2.05, 4.69) is 164 Å². The van der Waals surface area contributed by atoms with Crippen molar-refractivity contribution in [3.8, 4) is 44.9 Å². The van der Waals surface area contributed by atoms with Gasteiger partial charge in [0.1, 0.15) is 0 Å². The van der Waals surface area contributed by atoms with Gasteiger partial charge in [-0.05, 0) is 68.4 Å². The normalized spacial score (nSPS) is 14.3. The molecule has 0 saturated heterocycles. The Morgan fingerprint density at radius 1 is 0.477 bits per heavy atom. The minimum absolute atomic E-state index is 0.223. The summed E-state index contributed by atoms with van der Waals surface area (Å²) in [6.45, 7) is 0. The first-order valence-corrected chi connectivity index (χ1v) is 15.2. The summed E-state index contributed by atoms with van der Waals surface area (Å²) in [5.41, 5.74) is 8.87.